The summed E-state index contributed by atoms with van der Waals surface area (Å²) in [4.78, 5) is 11.1. The molecule has 0 fully saturated rings. The minimum Gasteiger partial charge on any atom is -0.228 e. The van der Waals surface area contributed by atoms with Gasteiger partial charge in [-0.15, -0.1) is 0 Å². The fourth-order valence-corrected chi connectivity index (χ4v) is 10.0. The maximum Gasteiger partial charge on any atom is 0.161 e. The Hall–Kier alpha value is -7.16. The van der Waals surface area contributed by atoms with Crippen molar-refractivity contribution in [2.24, 2.45) is 0 Å². The van der Waals surface area contributed by atoms with Crippen molar-refractivity contribution in [3.63, 3.8) is 0 Å². The SMILES string of the molecule is c1ccc(-c2c3ccccc3c(-c3nc(-c4cccc5c4-c4ccccc4C54c5ccccc5-c5ccccc54)nc4ccccc34)c3ccccc23)cc1. The first-order valence-electron chi connectivity index (χ1n) is 19.0. The lowest BCUT2D eigenvalue weighted by Gasteiger charge is -2.30. The van der Waals surface area contributed by atoms with Gasteiger partial charge in [0.2, 0.25) is 0 Å². The van der Waals surface area contributed by atoms with Crippen molar-refractivity contribution in [1.29, 1.82) is 0 Å². The van der Waals surface area contributed by atoms with Crippen LogP contribution in [0.3, 0.4) is 0 Å². The molecule has 0 saturated heterocycles. The van der Waals surface area contributed by atoms with E-state index in [0.717, 1.165) is 33.5 Å². The van der Waals surface area contributed by atoms with Crippen molar-refractivity contribution < 1.29 is 0 Å². The van der Waals surface area contributed by atoms with Gasteiger partial charge in [-0.05, 0) is 83.2 Å². The summed E-state index contributed by atoms with van der Waals surface area (Å²) in [6.07, 6.45) is 0. The molecule has 1 aromatic heterocycles. The zero-order valence-corrected chi connectivity index (χ0v) is 29.9. The Morgan fingerprint density at radius 3 is 1.38 bits per heavy atom. The first-order chi connectivity index (χ1) is 27.3. The number of benzene rings is 9. The highest BCUT2D eigenvalue weighted by molar-refractivity contribution is 6.23. The predicted molar refractivity (Wildman–Crippen MR) is 227 cm³/mol. The fourth-order valence-electron chi connectivity index (χ4n) is 10.0. The van der Waals surface area contributed by atoms with E-state index in [0.29, 0.717) is 0 Å². The molecular weight excluding hydrogens is 665 g/mol. The number of hydrogen-bond donors (Lipinski definition) is 0. The highest BCUT2D eigenvalue weighted by Crippen LogP contribution is 2.63. The lowest BCUT2D eigenvalue weighted by molar-refractivity contribution is 0.794. The molecule has 0 unspecified atom stereocenters. The number of hydrogen-bond acceptors (Lipinski definition) is 2. The lowest BCUT2D eigenvalue weighted by Crippen LogP contribution is -2.25. The van der Waals surface area contributed by atoms with Crippen LogP contribution in [0.5, 0.6) is 0 Å². The Kier molecular flexibility index (Phi) is 6.29. The molecule has 12 rings (SSSR count). The highest BCUT2D eigenvalue weighted by atomic mass is 14.9. The lowest BCUT2D eigenvalue weighted by atomic mass is 9.70. The van der Waals surface area contributed by atoms with E-state index in [-0.39, 0.29) is 0 Å². The molecule has 2 aliphatic carbocycles. The summed E-state index contributed by atoms with van der Waals surface area (Å²) in [6, 6.07) is 70.6. The van der Waals surface area contributed by atoms with Crippen LogP contribution in [0.25, 0.3) is 88.5 Å². The number of aromatic nitrogens is 2. The summed E-state index contributed by atoms with van der Waals surface area (Å²) in [7, 11) is 0. The van der Waals surface area contributed by atoms with Crippen LogP contribution in [0.1, 0.15) is 22.3 Å². The van der Waals surface area contributed by atoms with Crippen molar-refractivity contribution in [1.82, 2.24) is 9.97 Å². The molecule has 10 aromatic rings. The first kappa shape index (κ1) is 30.3. The molecule has 0 N–H and O–H groups in total. The van der Waals surface area contributed by atoms with Crippen molar-refractivity contribution in [3.8, 4) is 56.0 Å². The van der Waals surface area contributed by atoms with Gasteiger partial charge in [0.05, 0.1) is 16.6 Å². The van der Waals surface area contributed by atoms with Crippen LogP contribution >= 0.6 is 0 Å². The molecule has 0 aliphatic heterocycles. The van der Waals surface area contributed by atoms with E-state index in [1.165, 1.54) is 77.2 Å². The molecule has 0 amide bonds. The second kappa shape index (κ2) is 11.4. The molecule has 254 valence electrons. The minimum absolute atomic E-state index is 0.436. The van der Waals surface area contributed by atoms with Crippen LogP contribution in [0.15, 0.2) is 194 Å². The summed E-state index contributed by atoms with van der Waals surface area (Å²) in [5.41, 5.74) is 16.4. The maximum atomic E-state index is 5.69. The Bertz CT molecular complexity index is 3110. The van der Waals surface area contributed by atoms with E-state index >= 15 is 0 Å². The molecular formula is C53H32N2. The smallest absolute Gasteiger partial charge is 0.161 e. The van der Waals surface area contributed by atoms with E-state index in [2.05, 4.69) is 194 Å². The Labute approximate surface area is 319 Å². The third kappa shape index (κ3) is 4.03. The zero-order chi connectivity index (χ0) is 36.1. The molecule has 0 saturated carbocycles. The van der Waals surface area contributed by atoms with Gasteiger partial charge in [0, 0.05) is 16.5 Å². The fraction of sp³-hybridized carbons (Fsp3) is 0.0189. The summed E-state index contributed by atoms with van der Waals surface area (Å²) >= 11 is 0. The quantitative estimate of drug-likeness (QED) is 0.172. The molecule has 1 heterocycles. The first-order valence-corrected chi connectivity index (χ1v) is 19.0. The highest BCUT2D eigenvalue weighted by Gasteiger charge is 2.52. The Morgan fingerprint density at radius 1 is 0.291 bits per heavy atom. The summed E-state index contributed by atoms with van der Waals surface area (Å²) < 4.78 is 0. The van der Waals surface area contributed by atoms with Gasteiger partial charge in [-0.3, -0.25) is 0 Å². The molecule has 2 nitrogen and oxygen atoms in total. The summed E-state index contributed by atoms with van der Waals surface area (Å²) in [5.74, 6) is 0.734. The molecule has 55 heavy (non-hydrogen) atoms. The molecule has 2 aliphatic rings. The van der Waals surface area contributed by atoms with E-state index in [1.807, 2.05) is 0 Å². The van der Waals surface area contributed by atoms with E-state index < -0.39 is 5.41 Å². The van der Waals surface area contributed by atoms with Gasteiger partial charge < -0.3 is 0 Å². The van der Waals surface area contributed by atoms with Gasteiger partial charge in [-0.25, -0.2) is 9.97 Å². The van der Waals surface area contributed by atoms with Gasteiger partial charge >= 0.3 is 0 Å². The summed E-state index contributed by atoms with van der Waals surface area (Å²) in [5, 5.41) is 5.81. The van der Waals surface area contributed by atoms with Gasteiger partial charge in [0.1, 0.15) is 0 Å². The Morgan fingerprint density at radius 2 is 0.745 bits per heavy atom. The molecule has 0 radical (unpaired) electrons. The minimum atomic E-state index is -0.436. The predicted octanol–water partition coefficient (Wildman–Crippen LogP) is 13.3. The molecule has 9 aromatic carbocycles. The van der Waals surface area contributed by atoms with Crippen LogP contribution < -0.4 is 0 Å². The Balaban J connectivity index is 1.18. The number of para-hydroxylation sites is 1. The van der Waals surface area contributed by atoms with Crippen LogP contribution in [0.2, 0.25) is 0 Å². The van der Waals surface area contributed by atoms with Crippen molar-refractivity contribution in [2.75, 3.05) is 0 Å². The normalized spacial score (nSPS) is 13.2. The second-order valence-corrected chi connectivity index (χ2v) is 14.7. The van der Waals surface area contributed by atoms with Gasteiger partial charge in [0.15, 0.2) is 5.82 Å². The third-order valence-corrected chi connectivity index (χ3v) is 12.1. The number of fused-ring (bicyclic) bond motifs is 13. The van der Waals surface area contributed by atoms with Gasteiger partial charge in [-0.2, -0.15) is 0 Å². The van der Waals surface area contributed by atoms with E-state index in [9.17, 15) is 0 Å². The average molecular weight is 697 g/mol. The van der Waals surface area contributed by atoms with Gasteiger partial charge in [0.25, 0.3) is 0 Å². The maximum absolute atomic E-state index is 5.69. The van der Waals surface area contributed by atoms with Crippen molar-refractivity contribution >= 4 is 32.4 Å². The van der Waals surface area contributed by atoms with E-state index in [1.54, 1.807) is 0 Å². The van der Waals surface area contributed by atoms with Gasteiger partial charge in [-0.1, -0.05) is 188 Å². The standard InChI is InChI=1S/C53H32N2/c1-2-17-33(18-3-1)48-36-21-4-6-23-38(36)50(39-24-7-5-22-37(39)48)51-41-26-11-15-32-47(41)54-52(55-51)42-27-16-31-46-49(42)40-25-10-14-30-45(40)53(46)43-28-12-8-19-34(43)35-20-9-13-29-44(35)53/h1-32H. The number of rotatable bonds is 3. The van der Waals surface area contributed by atoms with Crippen molar-refractivity contribution in [2.45, 2.75) is 5.41 Å². The molecule has 2 heteroatoms. The monoisotopic (exact) mass is 696 g/mol. The average Bonchev–Trinajstić information content (AvgIpc) is 3.73. The van der Waals surface area contributed by atoms with Crippen LogP contribution in [0.4, 0.5) is 0 Å². The number of nitrogens with zero attached hydrogens (tertiary/aromatic N) is 2. The van der Waals surface area contributed by atoms with Crippen molar-refractivity contribution in [3.05, 3.63) is 216 Å². The second-order valence-electron chi connectivity index (χ2n) is 14.7. The zero-order valence-electron chi connectivity index (χ0n) is 29.9. The molecule has 0 atom stereocenters. The molecule has 0 bridgehead atoms. The van der Waals surface area contributed by atoms with E-state index in [4.69, 9.17) is 9.97 Å². The van der Waals surface area contributed by atoms with Crippen LogP contribution in [-0.2, 0) is 5.41 Å². The summed E-state index contributed by atoms with van der Waals surface area (Å²) in [6.45, 7) is 0. The largest absolute Gasteiger partial charge is 0.228 e. The van der Waals surface area contributed by atoms with Crippen LogP contribution in [0, 0.1) is 0 Å². The van der Waals surface area contributed by atoms with Crippen LogP contribution in [-0.4, -0.2) is 9.97 Å². The third-order valence-electron chi connectivity index (χ3n) is 12.1. The topological polar surface area (TPSA) is 25.8 Å². The molecule has 1 spiro atoms.